The van der Waals surface area contributed by atoms with Crippen LogP contribution in [0.15, 0.2) is 48.5 Å². The molecule has 0 bridgehead atoms. The number of anilines is 1. The molecule has 0 radical (unpaired) electrons. The van der Waals surface area contributed by atoms with Crippen molar-refractivity contribution in [1.82, 2.24) is 5.43 Å². The second kappa shape index (κ2) is 9.94. The normalized spacial score (nSPS) is 13.8. The van der Waals surface area contributed by atoms with E-state index in [0.717, 1.165) is 44.7 Å². The zero-order valence-corrected chi connectivity index (χ0v) is 14.4. The molecule has 3 rings (SSSR count). The van der Waals surface area contributed by atoms with Gasteiger partial charge in [-0.3, -0.25) is 10.2 Å². The molecule has 140 valence electrons. The molecule has 1 aliphatic heterocycles. The van der Waals surface area contributed by atoms with E-state index in [1.54, 1.807) is 0 Å². The highest BCUT2D eigenvalue weighted by molar-refractivity contribution is 5.77. The van der Waals surface area contributed by atoms with Crippen molar-refractivity contribution >= 4 is 11.6 Å². The highest BCUT2D eigenvalue weighted by atomic mass is 16.5. The van der Waals surface area contributed by atoms with Crippen molar-refractivity contribution in [2.24, 2.45) is 5.84 Å². The summed E-state index contributed by atoms with van der Waals surface area (Å²) < 4.78 is 5.42. The van der Waals surface area contributed by atoms with Crippen LogP contribution in [0.4, 0.5) is 5.69 Å². The van der Waals surface area contributed by atoms with Crippen LogP contribution in [0.25, 0.3) is 0 Å². The molecule has 1 fully saturated rings. The van der Waals surface area contributed by atoms with Crippen LogP contribution in [0.5, 0.6) is 0 Å². The SMILES string of the molecule is C.NNC(=O)Cc1ccc(CCc2cccc(N3CCOCC3)c2)cc1. The molecular formula is C21H29N3O2. The summed E-state index contributed by atoms with van der Waals surface area (Å²) >= 11 is 0. The van der Waals surface area contributed by atoms with Crippen molar-refractivity contribution in [3.63, 3.8) is 0 Å². The molecule has 0 unspecified atom stereocenters. The molecule has 0 saturated carbocycles. The summed E-state index contributed by atoms with van der Waals surface area (Å²) in [6, 6.07) is 16.9. The summed E-state index contributed by atoms with van der Waals surface area (Å²) in [5.41, 5.74) is 7.03. The number of nitrogens with zero attached hydrogens (tertiary/aromatic N) is 1. The Morgan fingerprint density at radius 3 is 2.35 bits per heavy atom. The van der Waals surface area contributed by atoms with Crippen LogP contribution in [-0.4, -0.2) is 32.2 Å². The molecule has 1 aliphatic rings. The number of hydrogen-bond acceptors (Lipinski definition) is 4. The Hall–Kier alpha value is -2.37. The van der Waals surface area contributed by atoms with E-state index in [1.807, 2.05) is 12.1 Å². The van der Waals surface area contributed by atoms with E-state index in [0.29, 0.717) is 6.42 Å². The average molecular weight is 355 g/mol. The van der Waals surface area contributed by atoms with E-state index in [2.05, 4.69) is 46.7 Å². The van der Waals surface area contributed by atoms with Gasteiger partial charge in [0.05, 0.1) is 19.6 Å². The standard InChI is InChI=1S/C20H25N3O2.CH4/c21-22-20(24)15-18-8-5-16(6-9-18)4-7-17-2-1-3-19(14-17)23-10-12-25-13-11-23;/h1-3,5-6,8-9,14H,4,7,10-13,15,21H2,(H,22,24);1H4. The second-order valence-corrected chi connectivity index (χ2v) is 6.33. The van der Waals surface area contributed by atoms with Crippen molar-refractivity contribution in [2.45, 2.75) is 26.7 Å². The lowest BCUT2D eigenvalue weighted by atomic mass is 10.0. The Labute approximate surface area is 156 Å². The van der Waals surface area contributed by atoms with Gasteiger partial charge in [0.25, 0.3) is 0 Å². The Morgan fingerprint density at radius 1 is 1.00 bits per heavy atom. The van der Waals surface area contributed by atoms with Crippen molar-refractivity contribution in [3.05, 3.63) is 65.2 Å². The number of amides is 1. The highest BCUT2D eigenvalue weighted by Crippen LogP contribution is 2.19. The lowest BCUT2D eigenvalue weighted by Gasteiger charge is -2.29. The molecule has 0 spiro atoms. The van der Waals surface area contributed by atoms with Crippen LogP contribution >= 0.6 is 0 Å². The first kappa shape index (κ1) is 19.9. The van der Waals surface area contributed by atoms with Gasteiger partial charge in [-0.15, -0.1) is 0 Å². The summed E-state index contributed by atoms with van der Waals surface area (Å²) in [7, 11) is 0. The largest absolute Gasteiger partial charge is 0.378 e. The number of ether oxygens (including phenoxy) is 1. The van der Waals surface area contributed by atoms with Crippen LogP contribution in [0.3, 0.4) is 0 Å². The Morgan fingerprint density at radius 2 is 1.65 bits per heavy atom. The third-order valence-corrected chi connectivity index (χ3v) is 4.54. The number of nitrogens with two attached hydrogens (primary N) is 1. The third kappa shape index (κ3) is 5.58. The first-order valence-electron chi connectivity index (χ1n) is 8.73. The van der Waals surface area contributed by atoms with Gasteiger partial charge < -0.3 is 9.64 Å². The van der Waals surface area contributed by atoms with Crippen LogP contribution in [0.1, 0.15) is 24.1 Å². The summed E-state index contributed by atoms with van der Waals surface area (Å²) in [5.74, 6) is 4.94. The van der Waals surface area contributed by atoms with Gasteiger partial charge in [0, 0.05) is 18.8 Å². The zero-order chi connectivity index (χ0) is 17.5. The topological polar surface area (TPSA) is 67.6 Å². The summed E-state index contributed by atoms with van der Waals surface area (Å²) in [4.78, 5) is 13.7. The van der Waals surface area contributed by atoms with Gasteiger partial charge in [-0.1, -0.05) is 43.8 Å². The number of carbonyl (C=O) groups excluding carboxylic acids is 1. The maximum absolute atomic E-state index is 11.3. The molecule has 3 N–H and O–H groups in total. The average Bonchev–Trinajstić information content (AvgIpc) is 2.68. The lowest BCUT2D eigenvalue weighted by Crippen LogP contribution is -2.36. The van der Waals surface area contributed by atoms with Gasteiger partial charge in [-0.05, 0) is 41.7 Å². The third-order valence-electron chi connectivity index (χ3n) is 4.54. The predicted molar refractivity (Wildman–Crippen MR) is 106 cm³/mol. The molecule has 26 heavy (non-hydrogen) atoms. The van der Waals surface area contributed by atoms with Gasteiger partial charge in [0.2, 0.25) is 5.91 Å². The van der Waals surface area contributed by atoms with E-state index in [9.17, 15) is 4.79 Å². The van der Waals surface area contributed by atoms with Gasteiger partial charge in [-0.25, -0.2) is 5.84 Å². The minimum absolute atomic E-state index is 0. The number of morpholine rings is 1. The van der Waals surface area contributed by atoms with E-state index in [-0.39, 0.29) is 13.3 Å². The van der Waals surface area contributed by atoms with Gasteiger partial charge in [0.1, 0.15) is 0 Å². The van der Waals surface area contributed by atoms with Gasteiger partial charge in [0.15, 0.2) is 0 Å². The molecule has 1 heterocycles. The Bertz CT molecular complexity index is 695. The Balaban J connectivity index is 0.00000243. The quantitative estimate of drug-likeness (QED) is 0.475. The van der Waals surface area contributed by atoms with Crippen molar-refractivity contribution in [1.29, 1.82) is 0 Å². The first-order valence-corrected chi connectivity index (χ1v) is 8.73. The minimum Gasteiger partial charge on any atom is -0.378 e. The van der Waals surface area contributed by atoms with Crippen LogP contribution in [0.2, 0.25) is 0 Å². The first-order chi connectivity index (χ1) is 12.2. The second-order valence-electron chi connectivity index (χ2n) is 6.33. The van der Waals surface area contributed by atoms with Crippen LogP contribution < -0.4 is 16.2 Å². The number of rotatable bonds is 6. The van der Waals surface area contributed by atoms with Crippen molar-refractivity contribution in [2.75, 3.05) is 31.2 Å². The molecule has 0 aliphatic carbocycles. The predicted octanol–water partition coefficient (Wildman–Crippen LogP) is 2.48. The van der Waals surface area contributed by atoms with Crippen molar-refractivity contribution < 1.29 is 9.53 Å². The van der Waals surface area contributed by atoms with Crippen LogP contribution in [-0.2, 0) is 28.8 Å². The van der Waals surface area contributed by atoms with Gasteiger partial charge >= 0.3 is 0 Å². The maximum atomic E-state index is 11.3. The van der Waals surface area contributed by atoms with E-state index >= 15 is 0 Å². The zero-order valence-electron chi connectivity index (χ0n) is 14.4. The number of hydrazine groups is 1. The molecule has 0 aromatic heterocycles. The smallest absolute Gasteiger partial charge is 0.238 e. The molecule has 1 amide bonds. The molecule has 5 heteroatoms. The minimum atomic E-state index is -0.173. The van der Waals surface area contributed by atoms with E-state index in [4.69, 9.17) is 10.6 Å². The molecule has 1 saturated heterocycles. The molecule has 5 nitrogen and oxygen atoms in total. The fourth-order valence-corrected chi connectivity index (χ4v) is 3.08. The number of aryl methyl sites for hydroxylation is 2. The fourth-order valence-electron chi connectivity index (χ4n) is 3.08. The molecular weight excluding hydrogens is 326 g/mol. The number of nitrogens with one attached hydrogen (secondary N) is 1. The van der Waals surface area contributed by atoms with Gasteiger partial charge in [-0.2, -0.15) is 0 Å². The summed E-state index contributed by atoms with van der Waals surface area (Å²) in [6.07, 6.45) is 2.30. The van der Waals surface area contributed by atoms with E-state index in [1.165, 1.54) is 16.8 Å². The van der Waals surface area contributed by atoms with Crippen LogP contribution in [0, 0.1) is 0 Å². The number of benzene rings is 2. The monoisotopic (exact) mass is 355 g/mol. The number of hydrogen-bond donors (Lipinski definition) is 2. The highest BCUT2D eigenvalue weighted by Gasteiger charge is 2.11. The Kier molecular flexibility index (Phi) is 7.63. The molecule has 2 aromatic carbocycles. The maximum Gasteiger partial charge on any atom is 0.238 e. The van der Waals surface area contributed by atoms with Crippen molar-refractivity contribution in [3.8, 4) is 0 Å². The summed E-state index contributed by atoms with van der Waals surface area (Å²) in [6.45, 7) is 3.53. The lowest BCUT2D eigenvalue weighted by molar-refractivity contribution is -0.120. The van der Waals surface area contributed by atoms with E-state index < -0.39 is 0 Å². The fraction of sp³-hybridized carbons (Fsp3) is 0.381. The summed E-state index contributed by atoms with van der Waals surface area (Å²) in [5, 5.41) is 0. The number of carbonyl (C=O) groups is 1. The molecule has 0 atom stereocenters. The molecule has 2 aromatic rings.